The first-order valence-corrected chi connectivity index (χ1v) is 45.2. The summed E-state index contributed by atoms with van der Waals surface area (Å²) in [5.74, 6) is 0.952. The lowest BCUT2D eigenvalue weighted by atomic mass is 10.0. The van der Waals surface area contributed by atoms with Gasteiger partial charge in [0.1, 0.15) is 19.3 Å². The summed E-state index contributed by atoms with van der Waals surface area (Å²) in [5, 5.41) is 10.6. The molecule has 19 heteroatoms. The van der Waals surface area contributed by atoms with Crippen LogP contribution in [-0.4, -0.2) is 96.7 Å². The number of ether oxygens (including phenoxy) is 4. The van der Waals surface area contributed by atoms with Crippen LogP contribution in [0.25, 0.3) is 0 Å². The fourth-order valence-corrected chi connectivity index (χ4v) is 14.2. The normalized spacial score (nSPS) is 14.0. The minimum absolute atomic E-state index is 0.104. The quantitative estimate of drug-likeness (QED) is 0.0222. The number of carbonyl (C=O) groups excluding carboxylic acids is 4. The lowest BCUT2D eigenvalue weighted by Gasteiger charge is -2.21. The number of rotatable bonds is 79. The molecule has 0 spiro atoms. The molecule has 0 aliphatic rings. The van der Waals surface area contributed by atoms with Crippen molar-refractivity contribution >= 4 is 39.5 Å². The van der Waals surface area contributed by atoms with Crippen LogP contribution >= 0.6 is 15.6 Å². The van der Waals surface area contributed by atoms with Gasteiger partial charge in [0.2, 0.25) is 0 Å². The zero-order valence-corrected chi connectivity index (χ0v) is 68.3. The van der Waals surface area contributed by atoms with Gasteiger partial charge in [-0.1, -0.05) is 370 Å². The molecule has 17 nitrogen and oxygen atoms in total. The van der Waals surface area contributed by atoms with Gasteiger partial charge >= 0.3 is 39.5 Å². The van der Waals surface area contributed by atoms with Crippen LogP contribution in [0.15, 0.2) is 0 Å². The summed E-state index contributed by atoms with van der Waals surface area (Å²) in [4.78, 5) is 73.0. The summed E-state index contributed by atoms with van der Waals surface area (Å²) in [6.07, 6.45) is 58.5. The number of esters is 4. The Bertz CT molecular complexity index is 1970. The molecule has 0 rings (SSSR count). The van der Waals surface area contributed by atoms with Crippen molar-refractivity contribution in [3.63, 3.8) is 0 Å². The highest BCUT2D eigenvalue weighted by atomic mass is 31.2. The molecule has 0 saturated carbocycles. The standard InChI is InChI=1S/C82H160O17P2/c1-72(2)58-50-42-34-27-22-18-14-11-9-10-12-16-20-24-30-38-46-54-62-79(84)92-68-77(98-81(86)64-56-48-39-31-25-21-17-13-15-19-23-28-35-43-51-59-73(3)4)70-96-100(88,89)94-66-76(83)67-95-101(90,91)97-71-78(69-93-80(85)63-55-47-41-33-37-45-53-61-75(7)8)99-82(87)65-57-49-40-32-26-29-36-44-52-60-74(5)6/h72-78,83H,9-71H2,1-8H3,(H,88,89)(H,90,91)/t76?,77-,78-/m1/s1. The second-order valence-electron chi connectivity index (χ2n) is 31.4. The number of carbonyl (C=O) groups is 4. The van der Waals surface area contributed by atoms with Gasteiger partial charge in [0.25, 0.3) is 0 Å². The van der Waals surface area contributed by atoms with E-state index in [1.807, 2.05) is 0 Å². The summed E-state index contributed by atoms with van der Waals surface area (Å²) in [6.45, 7) is 14.2. The molecule has 0 aliphatic carbocycles. The zero-order chi connectivity index (χ0) is 74.6. The number of hydrogen-bond donors (Lipinski definition) is 3. The molecule has 0 aromatic carbocycles. The Labute approximate surface area is 619 Å². The molecule has 3 unspecified atom stereocenters. The molecular formula is C82H160O17P2. The maximum atomic E-state index is 13.1. The van der Waals surface area contributed by atoms with Crippen LogP contribution in [0.4, 0.5) is 0 Å². The summed E-state index contributed by atoms with van der Waals surface area (Å²) >= 11 is 0. The number of unbranched alkanes of at least 4 members (excludes halogenated alkanes) is 45. The zero-order valence-electron chi connectivity index (χ0n) is 66.5. The molecule has 0 amide bonds. The average Bonchev–Trinajstić information content (AvgIpc) is 0.933. The van der Waals surface area contributed by atoms with Crippen LogP contribution in [-0.2, 0) is 65.4 Å². The van der Waals surface area contributed by atoms with Crippen LogP contribution in [0.3, 0.4) is 0 Å². The van der Waals surface area contributed by atoms with Crippen molar-refractivity contribution in [2.75, 3.05) is 39.6 Å². The van der Waals surface area contributed by atoms with Crippen molar-refractivity contribution in [1.29, 1.82) is 0 Å². The topological polar surface area (TPSA) is 237 Å². The molecule has 3 N–H and O–H groups in total. The highest BCUT2D eigenvalue weighted by Gasteiger charge is 2.30. The van der Waals surface area contributed by atoms with Crippen LogP contribution in [0, 0.1) is 23.7 Å². The van der Waals surface area contributed by atoms with E-state index in [-0.39, 0.29) is 25.7 Å². The summed E-state index contributed by atoms with van der Waals surface area (Å²) in [6, 6.07) is 0. The third-order valence-corrected chi connectivity index (χ3v) is 21.0. The van der Waals surface area contributed by atoms with Crippen molar-refractivity contribution in [2.24, 2.45) is 23.7 Å². The van der Waals surface area contributed by atoms with Gasteiger partial charge in [-0.15, -0.1) is 0 Å². The Morgan fingerprint density at radius 1 is 0.248 bits per heavy atom. The lowest BCUT2D eigenvalue weighted by Crippen LogP contribution is -2.30. The average molecular weight is 1480 g/mol. The van der Waals surface area contributed by atoms with Crippen molar-refractivity contribution in [1.82, 2.24) is 0 Å². The fraction of sp³-hybridized carbons (Fsp3) is 0.951. The molecule has 0 fully saturated rings. The monoisotopic (exact) mass is 1480 g/mol. The van der Waals surface area contributed by atoms with Crippen molar-refractivity contribution in [3.05, 3.63) is 0 Å². The third kappa shape index (κ3) is 76.1. The molecule has 0 heterocycles. The molecule has 0 aromatic heterocycles. The number of hydrogen-bond acceptors (Lipinski definition) is 15. The van der Waals surface area contributed by atoms with E-state index >= 15 is 0 Å². The summed E-state index contributed by atoms with van der Waals surface area (Å²) in [5.41, 5.74) is 0. The second kappa shape index (κ2) is 71.0. The predicted octanol–water partition coefficient (Wildman–Crippen LogP) is 24.4. The van der Waals surface area contributed by atoms with Gasteiger partial charge in [-0.05, 0) is 49.4 Å². The fourth-order valence-electron chi connectivity index (χ4n) is 12.6. The maximum Gasteiger partial charge on any atom is 0.472 e. The molecule has 0 aromatic rings. The predicted molar refractivity (Wildman–Crippen MR) is 414 cm³/mol. The Morgan fingerprint density at radius 3 is 0.614 bits per heavy atom. The largest absolute Gasteiger partial charge is 0.472 e. The maximum absolute atomic E-state index is 13.1. The van der Waals surface area contributed by atoms with Gasteiger partial charge in [-0.25, -0.2) is 9.13 Å². The Balaban J connectivity index is 5.21. The highest BCUT2D eigenvalue weighted by molar-refractivity contribution is 7.47. The van der Waals surface area contributed by atoms with Crippen molar-refractivity contribution in [2.45, 2.75) is 440 Å². The molecule has 0 bridgehead atoms. The van der Waals surface area contributed by atoms with Crippen LogP contribution < -0.4 is 0 Å². The van der Waals surface area contributed by atoms with E-state index in [1.165, 1.54) is 218 Å². The van der Waals surface area contributed by atoms with E-state index in [4.69, 9.17) is 37.0 Å². The smallest absolute Gasteiger partial charge is 0.462 e. The highest BCUT2D eigenvalue weighted by Crippen LogP contribution is 2.45. The van der Waals surface area contributed by atoms with E-state index in [1.54, 1.807) is 0 Å². The Hall–Kier alpha value is -1.94. The number of phosphoric acid groups is 2. The molecule has 101 heavy (non-hydrogen) atoms. The van der Waals surface area contributed by atoms with E-state index < -0.39 is 97.5 Å². The molecule has 0 radical (unpaired) electrons. The SMILES string of the molecule is CC(C)CCCCCCCCCCCCCCCCCCCCC(=O)OC[C@H](COP(=O)(O)OCC(O)COP(=O)(O)OC[C@@H](COC(=O)CCCCCCCCCC(C)C)OC(=O)CCCCCCCCCCCC(C)C)OC(=O)CCCCCCCCCCCCCCCCCC(C)C. The van der Waals surface area contributed by atoms with E-state index in [0.29, 0.717) is 31.6 Å². The van der Waals surface area contributed by atoms with E-state index in [0.717, 1.165) is 114 Å². The summed E-state index contributed by atoms with van der Waals surface area (Å²) in [7, 11) is -9.92. The number of aliphatic hydroxyl groups is 1. The van der Waals surface area contributed by atoms with Gasteiger partial charge in [0.15, 0.2) is 12.2 Å². The second-order valence-corrected chi connectivity index (χ2v) is 34.3. The first-order valence-electron chi connectivity index (χ1n) is 42.2. The van der Waals surface area contributed by atoms with E-state index in [2.05, 4.69) is 55.4 Å². The van der Waals surface area contributed by atoms with Crippen molar-refractivity contribution in [3.8, 4) is 0 Å². The summed E-state index contributed by atoms with van der Waals surface area (Å²) < 4.78 is 68.7. The Kier molecular flexibility index (Phi) is 69.6. The van der Waals surface area contributed by atoms with Gasteiger partial charge in [-0.3, -0.25) is 37.3 Å². The van der Waals surface area contributed by atoms with E-state index in [9.17, 15) is 43.2 Å². The molecule has 0 aliphatic heterocycles. The first-order chi connectivity index (χ1) is 48.6. The lowest BCUT2D eigenvalue weighted by molar-refractivity contribution is -0.161. The molecule has 0 saturated heterocycles. The molecule has 600 valence electrons. The van der Waals surface area contributed by atoms with Crippen LogP contribution in [0.1, 0.15) is 421 Å². The van der Waals surface area contributed by atoms with Gasteiger partial charge in [0.05, 0.1) is 26.4 Å². The van der Waals surface area contributed by atoms with Gasteiger partial charge in [0, 0.05) is 25.7 Å². The number of phosphoric ester groups is 2. The van der Waals surface area contributed by atoms with Gasteiger partial charge in [-0.2, -0.15) is 0 Å². The third-order valence-electron chi connectivity index (χ3n) is 19.1. The Morgan fingerprint density at radius 2 is 0.416 bits per heavy atom. The molecule has 5 atom stereocenters. The first kappa shape index (κ1) is 99.1. The minimum Gasteiger partial charge on any atom is -0.462 e. The number of aliphatic hydroxyl groups excluding tert-OH is 1. The molecular weight excluding hydrogens is 1320 g/mol. The van der Waals surface area contributed by atoms with Crippen molar-refractivity contribution < 1.29 is 80.2 Å². The van der Waals surface area contributed by atoms with Gasteiger partial charge < -0.3 is 33.8 Å². The van der Waals surface area contributed by atoms with Crippen LogP contribution in [0.5, 0.6) is 0 Å². The van der Waals surface area contributed by atoms with Crippen LogP contribution in [0.2, 0.25) is 0 Å². The minimum atomic E-state index is -4.96.